The van der Waals surface area contributed by atoms with Gasteiger partial charge in [-0.3, -0.25) is 0 Å². The maximum atomic E-state index is 5.02. The number of terminal acetylenes is 1. The van der Waals surface area contributed by atoms with Crippen molar-refractivity contribution < 1.29 is 0 Å². The van der Waals surface area contributed by atoms with Crippen LogP contribution in [0.2, 0.25) is 0 Å². The Bertz CT molecular complexity index is 217. The van der Waals surface area contributed by atoms with Crippen LogP contribution >= 0.6 is 0 Å². The van der Waals surface area contributed by atoms with Crippen LogP contribution in [0.15, 0.2) is 6.20 Å². The fourth-order valence-electron chi connectivity index (χ4n) is 0.486. The molecule has 0 aromatic carbocycles. The summed E-state index contributed by atoms with van der Waals surface area (Å²) in [4.78, 5) is 6.72. The van der Waals surface area contributed by atoms with Gasteiger partial charge in [-0.25, -0.2) is 4.98 Å². The molecular weight excluding hydrogens is 124 g/mol. The first-order valence-electron chi connectivity index (χ1n) is 3.31. The lowest BCUT2D eigenvalue weighted by Crippen LogP contribution is -1.73. The fraction of sp³-hybridized carbons (Fsp3) is 0.375. The van der Waals surface area contributed by atoms with E-state index in [1.165, 1.54) is 0 Å². The minimum absolute atomic E-state index is 0.600. The summed E-state index contributed by atoms with van der Waals surface area (Å²) in [5, 5.41) is 0. The van der Waals surface area contributed by atoms with Crippen LogP contribution in [0.1, 0.15) is 25.4 Å². The molecule has 0 fully saturated rings. The highest BCUT2D eigenvalue weighted by Gasteiger charge is 1.87. The highest BCUT2D eigenvalue weighted by atomic mass is 14.9. The molecule has 54 valence electrons. The molecule has 0 aliphatic carbocycles. The molecule has 0 spiro atoms. The predicted molar refractivity (Wildman–Crippen MR) is 42.6 cm³/mol. The largest absolute Gasteiger partial charge is 0.335 e. The first kappa shape index (κ1) is 8.77. The van der Waals surface area contributed by atoms with Crippen LogP contribution < -0.4 is 0 Å². The van der Waals surface area contributed by atoms with E-state index >= 15 is 0 Å². The Hall–Kier alpha value is -1.23. The normalized spacial score (nSPS) is 7.40. The molecule has 0 unspecified atom stereocenters. The van der Waals surface area contributed by atoms with Crippen LogP contribution in [-0.4, -0.2) is 9.97 Å². The molecule has 0 aliphatic rings. The Morgan fingerprint density at radius 3 is 2.40 bits per heavy atom. The number of H-pyrrole nitrogens is 1. The van der Waals surface area contributed by atoms with E-state index in [9.17, 15) is 0 Å². The zero-order valence-electron chi connectivity index (χ0n) is 6.60. The number of hydrogen-bond acceptors (Lipinski definition) is 1. The van der Waals surface area contributed by atoms with E-state index < -0.39 is 0 Å². The summed E-state index contributed by atoms with van der Waals surface area (Å²) in [5.74, 6) is 2.98. The number of aromatic amines is 1. The maximum Gasteiger partial charge on any atom is 0.182 e. The Morgan fingerprint density at radius 2 is 2.20 bits per heavy atom. The highest BCUT2D eigenvalue weighted by molar-refractivity contribution is 5.17. The van der Waals surface area contributed by atoms with Crippen LogP contribution in [-0.2, 0) is 0 Å². The van der Waals surface area contributed by atoms with Gasteiger partial charge in [0, 0.05) is 11.9 Å². The van der Waals surface area contributed by atoms with E-state index in [1.807, 2.05) is 20.8 Å². The lowest BCUT2D eigenvalue weighted by molar-refractivity contribution is 1.21. The van der Waals surface area contributed by atoms with Gasteiger partial charge in [-0.1, -0.05) is 13.8 Å². The molecule has 0 bridgehead atoms. The lowest BCUT2D eigenvalue weighted by atomic mass is 10.6. The fourth-order valence-corrected chi connectivity index (χ4v) is 0.486. The van der Waals surface area contributed by atoms with Crippen LogP contribution in [0, 0.1) is 19.3 Å². The van der Waals surface area contributed by atoms with Crippen molar-refractivity contribution >= 4 is 0 Å². The third kappa shape index (κ3) is 2.36. The minimum atomic E-state index is 0.600. The van der Waals surface area contributed by atoms with Gasteiger partial charge in [0.1, 0.15) is 0 Å². The van der Waals surface area contributed by atoms with Crippen molar-refractivity contribution in [3.63, 3.8) is 0 Å². The molecule has 0 saturated heterocycles. The predicted octanol–water partition coefficient (Wildman–Crippen LogP) is 1.73. The molecule has 10 heavy (non-hydrogen) atoms. The van der Waals surface area contributed by atoms with Gasteiger partial charge in [0.15, 0.2) is 5.82 Å². The van der Waals surface area contributed by atoms with E-state index in [1.54, 1.807) is 6.20 Å². The second kappa shape index (κ2) is 4.63. The summed E-state index contributed by atoms with van der Waals surface area (Å²) in [6, 6.07) is 0. The number of nitrogens with one attached hydrogen (secondary N) is 1. The number of imidazole rings is 1. The Morgan fingerprint density at radius 1 is 1.60 bits per heavy atom. The zero-order chi connectivity index (χ0) is 7.98. The molecule has 0 amide bonds. The molecule has 2 nitrogen and oxygen atoms in total. The number of hydrogen-bond donors (Lipinski definition) is 1. The average Bonchev–Trinajstić information content (AvgIpc) is 2.40. The smallest absolute Gasteiger partial charge is 0.182 e. The van der Waals surface area contributed by atoms with E-state index in [0.717, 1.165) is 5.69 Å². The Balaban J connectivity index is 0.000000371. The van der Waals surface area contributed by atoms with Gasteiger partial charge in [-0.2, -0.15) is 0 Å². The summed E-state index contributed by atoms with van der Waals surface area (Å²) < 4.78 is 0. The highest BCUT2D eigenvalue weighted by Crippen LogP contribution is 1.90. The van der Waals surface area contributed by atoms with Gasteiger partial charge in [-0.05, 0) is 12.8 Å². The first-order valence-corrected chi connectivity index (χ1v) is 3.31. The molecule has 1 aromatic rings. The van der Waals surface area contributed by atoms with Gasteiger partial charge in [0.05, 0.1) is 0 Å². The Labute approximate surface area is 61.7 Å². The summed E-state index contributed by atoms with van der Waals surface area (Å²) >= 11 is 0. The first-order chi connectivity index (χ1) is 4.83. The summed E-state index contributed by atoms with van der Waals surface area (Å²) in [7, 11) is 0. The van der Waals surface area contributed by atoms with Gasteiger partial charge in [0.2, 0.25) is 0 Å². The summed E-state index contributed by atoms with van der Waals surface area (Å²) in [6.07, 6.45) is 6.72. The van der Waals surface area contributed by atoms with Gasteiger partial charge >= 0.3 is 0 Å². The quantitative estimate of drug-likeness (QED) is 0.540. The SMILES string of the molecule is C#Cc1ncc(C)[nH]1.CC. The minimum Gasteiger partial charge on any atom is -0.335 e. The van der Waals surface area contributed by atoms with Crippen molar-refractivity contribution in [2.75, 3.05) is 0 Å². The topological polar surface area (TPSA) is 28.7 Å². The molecule has 1 aromatic heterocycles. The van der Waals surface area contributed by atoms with Crippen molar-refractivity contribution in [3.8, 4) is 12.3 Å². The monoisotopic (exact) mass is 136 g/mol. The van der Waals surface area contributed by atoms with E-state index in [0.29, 0.717) is 5.82 Å². The third-order valence-corrected chi connectivity index (χ3v) is 0.840. The van der Waals surface area contributed by atoms with Crippen molar-refractivity contribution in [3.05, 3.63) is 17.7 Å². The van der Waals surface area contributed by atoms with Crippen molar-refractivity contribution in [1.29, 1.82) is 0 Å². The molecule has 2 heteroatoms. The molecule has 1 rings (SSSR count). The van der Waals surface area contributed by atoms with E-state index in [2.05, 4.69) is 15.9 Å². The van der Waals surface area contributed by atoms with Gasteiger partial charge in [-0.15, -0.1) is 6.42 Å². The molecule has 0 radical (unpaired) electrons. The molecular formula is C8H12N2. The molecule has 0 saturated carbocycles. The summed E-state index contributed by atoms with van der Waals surface area (Å²) in [5.41, 5.74) is 0.998. The van der Waals surface area contributed by atoms with Gasteiger partial charge < -0.3 is 4.98 Å². The molecule has 1 N–H and O–H groups in total. The van der Waals surface area contributed by atoms with Crippen molar-refractivity contribution in [2.45, 2.75) is 20.8 Å². The average molecular weight is 136 g/mol. The van der Waals surface area contributed by atoms with Crippen molar-refractivity contribution in [2.24, 2.45) is 0 Å². The lowest BCUT2D eigenvalue weighted by Gasteiger charge is -1.74. The van der Waals surface area contributed by atoms with E-state index in [4.69, 9.17) is 6.42 Å². The zero-order valence-corrected chi connectivity index (χ0v) is 6.60. The van der Waals surface area contributed by atoms with Crippen LogP contribution in [0.25, 0.3) is 0 Å². The van der Waals surface area contributed by atoms with Crippen LogP contribution in [0.5, 0.6) is 0 Å². The maximum absolute atomic E-state index is 5.02. The number of aryl methyl sites for hydroxylation is 1. The second-order valence-electron chi connectivity index (χ2n) is 1.56. The number of rotatable bonds is 0. The van der Waals surface area contributed by atoms with E-state index in [-0.39, 0.29) is 0 Å². The molecule has 0 aliphatic heterocycles. The summed E-state index contributed by atoms with van der Waals surface area (Å²) in [6.45, 7) is 5.91. The molecule has 0 atom stereocenters. The molecule has 1 heterocycles. The second-order valence-corrected chi connectivity index (χ2v) is 1.56. The van der Waals surface area contributed by atoms with Crippen LogP contribution in [0.3, 0.4) is 0 Å². The number of aromatic nitrogens is 2. The Kier molecular flexibility index (Phi) is 4.06. The number of nitrogens with zero attached hydrogens (tertiary/aromatic N) is 1. The van der Waals surface area contributed by atoms with Crippen molar-refractivity contribution in [1.82, 2.24) is 9.97 Å². The van der Waals surface area contributed by atoms with Crippen LogP contribution in [0.4, 0.5) is 0 Å². The third-order valence-electron chi connectivity index (χ3n) is 0.840. The van der Waals surface area contributed by atoms with Gasteiger partial charge in [0.25, 0.3) is 0 Å². The standard InChI is InChI=1S/C6H6N2.C2H6/c1-3-6-7-4-5(2)8-6;1-2/h1,4H,2H3,(H,7,8);1-2H3.